The summed E-state index contributed by atoms with van der Waals surface area (Å²) < 4.78 is 31.6. The van der Waals surface area contributed by atoms with E-state index in [-0.39, 0.29) is 23.1 Å². The molecule has 13 heteroatoms. The van der Waals surface area contributed by atoms with Crippen LogP contribution < -0.4 is 35.0 Å². The normalized spacial score (nSPS) is 14.1. The van der Waals surface area contributed by atoms with Gasteiger partial charge < -0.3 is 29.4 Å². The van der Waals surface area contributed by atoms with Crippen molar-refractivity contribution >= 4 is 34.3 Å². The zero-order valence-corrected chi connectivity index (χ0v) is 26.4. The van der Waals surface area contributed by atoms with E-state index in [1.165, 1.54) is 54.1 Å². The Bertz CT molecular complexity index is 1790. The number of fused-ring (bicyclic) bond motifs is 1. The molecule has 1 fully saturated rings. The fourth-order valence-electron chi connectivity index (χ4n) is 5.29. The summed E-state index contributed by atoms with van der Waals surface area (Å²) >= 11 is 0. The van der Waals surface area contributed by atoms with Crippen LogP contribution in [0.3, 0.4) is 0 Å². The number of methoxy groups -OCH3 is 2. The number of amides is 2. The number of hydrogen-bond donors (Lipinski definition) is 1. The lowest BCUT2D eigenvalue weighted by molar-refractivity contribution is -0.134. The van der Waals surface area contributed by atoms with Gasteiger partial charge in [-0.15, -0.1) is 0 Å². The molecule has 0 saturated carbocycles. The minimum Gasteiger partial charge on any atom is -0.497 e. The average Bonchev–Trinajstić information content (AvgIpc) is 3.06. The van der Waals surface area contributed by atoms with E-state index in [1.807, 2.05) is 12.1 Å². The first-order valence-electron chi connectivity index (χ1n) is 14.9. The third kappa shape index (κ3) is 6.74. The van der Waals surface area contributed by atoms with Gasteiger partial charge in [-0.2, -0.15) is 0 Å². The number of piperazine rings is 1. The van der Waals surface area contributed by atoms with Crippen molar-refractivity contribution in [2.24, 2.45) is 0 Å². The van der Waals surface area contributed by atoms with Gasteiger partial charge in [0, 0.05) is 44.4 Å². The van der Waals surface area contributed by atoms with Crippen LogP contribution in [0.15, 0.2) is 65.5 Å². The number of anilines is 2. The molecule has 1 aliphatic rings. The summed E-state index contributed by atoms with van der Waals surface area (Å²) in [5.41, 5.74) is 0.755. The summed E-state index contributed by atoms with van der Waals surface area (Å²) in [5.74, 6) is 0.541. The van der Waals surface area contributed by atoms with Crippen LogP contribution >= 0.6 is 0 Å². The molecule has 2 amide bonds. The Labute approximate surface area is 265 Å². The second-order valence-electron chi connectivity index (χ2n) is 10.9. The van der Waals surface area contributed by atoms with E-state index in [0.29, 0.717) is 60.4 Å². The van der Waals surface area contributed by atoms with E-state index in [1.54, 1.807) is 44.2 Å². The highest BCUT2D eigenvalue weighted by Crippen LogP contribution is 2.37. The van der Waals surface area contributed by atoms with Crippen LogP contribution in [0.1, 0.15) is 32.1 Å². The predicted molar refractivity (Wildman–Crippen MR) is 173 cm³/mol. The lowest BCUT2D eigenvalue weighted by atomic mass is 10.1. The van der Waals surface area contributed by atoms with Crippen LogP contribution in [0.4, 0.5) is 20.6 Å². The second-order valence-corrected chi connectivity index (χ2v) is 10.9. The highest BCUT2D eigenvalue weighted by atomic mass is 19.1. The van der Waals surface area contributed by atoms with Gasteiger partial charge in [0.15, 0.2) is 5.82 Å². The summed E-state index contributed by atoms with van der Waals surface area (Å²) in [6.45, 7) is 5.92. The molecular weight excluding hydrogens is 595 g/mol. The van der Waals surface area contributed by atoms with E-state index >= 15 is 0 Å². The van der Waals surface area contributed by atoms with Crippen LogP contribution in [-0.2, 0) is 4.79 Å². The summed E-state index contributed by atoms with van der Waals surface area (Å²) in [6, 6.07) is 13.8. The third-order valence-electron chi connectivity index (χ3n) is 7.85. The molecule has 242 valence electrons. The Balaban J connectivity index is 1.68. The van der Waals surface area contributed by atoms with Crippen LogP contribution in [0.5, 0.6) is 17.2 Å². The first-order chi connectivity index (χ1) is 22.1. The zero-order valence-electron chi connectivity index (χ0n) is 26.4. The number of nitrogens with one attached hydrogen (secondary N) is 1. The number of carbonyl (C=O) groups is 2. The van der Waals surface area contributed by atoms with Crippen molar-refractivity contribution < 1.29 is 28.2 Å². The predicted octanol–water partition coefficient (Wildman–Crippen LogP) is 4.55. The van der Waals surface area contributed by atoms with Gasteiger partial charge in [-0.05, 0) is 68.6 Å². The molecule has 1 aromatic heterocycles. The van der Waals surface area contributed by atoms with Gasteiger partial charge in [0.25, 0.3) is 5.56 Å². The summed E-state index contributed by atoms with van der Waals surface area (Å²) in [6.07, 6.45) is 0.183. The quantitative estimate of drug-likeness (QED) is 0.209. The highest BCUT2D eigenvalue weighted by Gasteiger charge is 2.32. The van der Waals surface area contributed by atoms with Crippen molar-refractivity contribution in [3.63, 3.8) is 0 Å². The molecule has 12 nitrogen and oxygen atoms in total. The maximum atomic E-state index is 14.3. The van der Waals surface area contributed by atoms with E-state index in [0.717, 1.165) is 0 Å². The minimum atomic E-state index is -0.836. The number of ether oxygens (including phenoxy) is 3. The van der Waals surface area contributed by atoms with Gasteiger partial charge >= 0.3 is 12.0 Å². The third-order valence-corrected chi connectivity index (χ3v) is 7.85. The van der Waals surface area contributed by atoms with Crippen LogP contribution in [0.25, 0.3) is 10.9 Å². The van der Waals surface area contributed by atoms with Gasteiger partial charge in [0.2, 0.25) is 0 Å². The van der Waals surface area contributed by atoms with E-state index < -0.39 is 23.9 Å². The molecule has 0 spiro atoms. The topological polar surface area (TPSA) is 118 Å². The van der Waals surface area contributed by atoms with E-state index in [4.69, 9.17) is 19.2 Å². The Morgan fingerprint density at radius 2 is 1.67 bits per heavy atom. The number of likely N-dealkylation sites (N-methyl/N-ethyl adjacent to an activating group) is 1. The van der Waals surface area contributed by atoms with Crippen LogP contribution in [0, 0.1) is 5.82 Å². The van der Waals surface area contributed by atoms with Crippen molar-refractivity contribution in [2.75, 3.05) is 62.7 Å². The number of hydrogen-bond acceptors (Lipinski definition) is 9. The molecule has 1 unspecified atom stereocenters. The van der Waals surface area contributed by atoms with Crippen molar-refractivity contribution in [3.05, 3.63) is 82.7 Å². The monoisotopic (exact) mass is 632 g/mol. The highest BCUT2D eigenvalue weighted by molar-refractivity contribution is 6.03. The van der Waals surface area contributed by atoms with Crippen molar-refractivity contribution in [1.82, 2.24) is 14.6 Å². The lowest BCUT2D eigenvalue weighted by Crippen LogP contribution is -2.55. The van der Waals surface area contributed by atoms with Crippen molar-refractivity contribution in [2.45, 2.75) is 26.3 Å². The maximum absolute atomic E-state index is 14.3. The molecular formula is C33H37FN6O6. The molecule has 1 N–H and O–H groups in total. The molecule has 1 aliphatic heterocycles. The molecule has 0 bridgehead atoms. The Kier molecular flexibility index (Phi) is 9.71. The first kappa shape index (κ1) is 32.2. The number of benzene rings is 3. The molecule has 46 heavy (non-hydrogen) atoms. The van der Waals surface area contributed by atoms with Crippen LogP contribution in [0.2, 0.25) is 0 Å². The standard InChI is InChI=1S/C33H37FN6O6/c1-6-30(41)46-25-11-13-27-26(19-25)32(42)40(38-17-15-37(3)16-18-38)31(36-27)21(2)39(28-14-12-24(44-4)20-29(28)45-5)33(43)35-23-9-7-22(34)8-10-23/h7-14,19-21H,6,15-18H2,1-5H3,(H,35,43). The molecule has 5 rings (SSSR count). The van der Waals surface area contributed by atoms with E-state index in [2.05, 4.69) is 10.2 Å². The van der Waals surface area contributed by atoms with Crippen LogP contribution in [-0.4, -0.2) is 74.0 Å². The van der Waals surface area contributed by atoms with Gasteiger partial charge in [-0.3, -0.25) is 14.5 Å². The minimum absolute atomic E-state index is 0.183. The number of urea groups is 1. The Morgan fingerprint density at radius 1 is 0.978 bits per heavy atom. The first-order valence-corrected chi connectivity index (χ1v) is 14.9. The Morgan fingerprint density at radius 3 is 2.33 bits per heavy atom. The van der Waals surface area contributed by atoms with Crippen molar-refractivity contribution in [3.8, 4) is 17.2 Å². The zero-order chi connectivity index (χ0) is 33.0. The largest absolute Gasteiger partial charge is 0.497 e. The fourth-order valence-corrected chi connectivity index (χ4v) is 5.29. The number of nitrogens with zero attached hydrogens (tertiary/aromatic N) is 5. The number of carbonyl (C=O) groups excluding carboxylic acids is 2. The molecule has 1 atom stereocenters. The maximum Gasteiger partial charge on any atom is 0.327 e. The number of rotatable bonds is 9. The number of halogens is 1. The smallest absolute Gasteiger partial charge is 0.327 e. The number of esters is 1. The van der Waals surface area contributed by atoms with Gasteiger partial charge in [0.1, 0.15) is 23.1 Å². The summed E-state index contributed by atoms with van der Waals surface area (Å²) in [4.78, 5) is 49.0. The van der Waals surface area contributed by atoms with E-state index in [9.17, 15) is 18.8 Å². The fraction of sp³-hybridized carbons (Fsp3) is 0.333. The average molecular weight is 633 g/mol. The number of aromatic nitrogens is 2. The SMILES string of the molecule is CCC(=O)Oc1ccc2nc(C(C)N(C(=O)Nc3ccc(F)cc3)c3ccc(OC)cc3OC)n(N3CCN(C)CC3)c(=O)c2c1. The molecule has 3 aromatic carbocycles. The second kappa shape index (κ2) is 13.9. The molecule has 0 radical (unpaired) electrons. The van der Waals surface area contributed by atoms with Gasteiger partial charge in [0.05, 0.1) is 36.9 Å². The summed E-state index contributed by atoms with van der Waals surface area (Å²) in [7, 11) is 5.02. The Hall–Kier alpha value is -5.17. The summed E-state index contributed by atoms with van der Waals surface area (Å²) in [5, 5.41) is 5.01. The van der Waals surface area contributed by atoms with Crippen molar-refractivity contribution in [1.29, 1.82) is 0 Å². The molecule has 2 heterocycles. The lowest BCUT2D eigenvalue weighted by Gasteiger charge is -2.38. The molecule has 4 aromatic rings. The molecule has 1 saturated heterocycles. The van der Waals surface area contributed by atoms with Gasteiger partial charge in [-0.1, -0.05) is 6.92 Å². The van der Waals surface area contributed by atoms with Gasteiger partial charge in [-0.25, -0.2) is 18.8 Å². The molecule has 0 aliphatic carbocycles.